The molecule has 1 aromatic carbocycles. The molecule has 4 heteroatoms. The maximum Gasteiger partial charge on any atom is 0.223 e. The van der Waals surface area contributed by atoms with Gasteiger partial charge in [0.1, 0.15) is 0 Å². The van der Waals surface area contributed by atoms with Crippen LogP contribution in [0.1, 0.15) is 57.1 Å². The second-order valence-electron chi connectivity index (χ2n) is 8.19. The average molecular weight is 358 g/mol. The molecule has 2 aliphatic carbocycles. The molecule has 0 saturated heterocycles. The molecule has 3 rings (SSSR count). The summed E-state index contributed by atoms with van der Waals surface area (Å²) in [6, 6.07) is 8.98. The highest BCUT2D eigenvalue weighted by atomic mass is 16.1. The zero-order valence-electron chi connectivity index (χ0n) is 16.4. The van der Waals surface area contributed by atoms with Crippen LogP contribution in [0.15, 0.2) is 24.3 Å². The molecular formula is C22H35N3O. The van der Waals surface area contributed by atoms with Gasteiger partial charge in [-0.25, -0.2) is 0 Å². The van der Waals surface area contributed by atoms with Crippen molar-refractivity contribution in [1.82, 2.24) is 10.2 Å². The number of amides is 1. The molecule has 0 aliphatic heterocycles. The lowest BCUT2D eigenvalue weighted by Crippen LogP contribution is -2.49. The van der Waals surface area contributed by atoms with Gasteiger partial charge in [-0.2, -0.15) is 0 Å². The number of nitrogens with two attached hydrogens (primary N) is 1. The van der Waals surface area contributed by atoms with Crippen molar-refractivity contribution in [2.24, 2.45) is 23.5 Å². The summed E-state index contributed by atoms with van der Waals surface area (Å²) >= 11 is 0. The summed E-state index contributed by atoms with van der Waals surface area (Å²) < 4.78 is 0. The largest absolute Gasteiger partial charge is 0.352 e. The van der Waals surface area contributed by atoms with Gasteiger partial charge in [0, 0.05) is 25.0 Å². The quantitative estimate of drug-likeness (QED) is 0.787. The summed E-state index contributed by atoms with van der Waals surface area (Å²) in [5, 5.41) is 3.17. The summed E-state index contributed by atoms with van der Waals surface area (Å²) in [7, 11) is 0. The van der Waals surface area contributed by atoms with E-state index in [1.807, 2.05) is 0 Å². The highest BCUT2D eigenvalue weighted by Gasteiger charge is 2.40. The minimum absolute atomic E-state index is 0.159. The van der Waals surface area contributed by atoms with Crippen molar-refractivity contribution in [3.05, 3.63) is 35.4 Å². The minimum Gasteiger partial charge on any atom is -0.352 e. The van der Waals surface area contributed by atoms with Gasteiger partial charge < -0.3 is 11.1 Å². The van der Waals surface area contributed by atoms with Gasteiger partial charge >= 0.3 is 0 Å². The zero-order chi connectivity index (χ0) is 18.5. The Morgan fingerprint density at radius 2 is 1.65 bits per heavy atom. The fraction of sp³-hybridized carbons (Fsp3) is 0.682. The summed E-state index contributed by atoms with van der Waals surface area (Å²) in [4.78, 5) is 15.0. The number of benzene rings is 1. The summed E-state index contributed by atoms with van der Waals surface area (Å²) in [5.41, 5.74) is 8.85. The van der Waals surface area contributed by atoms with Crippen LogP contribution in [0, 0.1) is 17.8 Å². The maximum absolute atomic E-state index is 12.6. The predicted octanol–water partition coefficient (Wildman–Crippen LogP) is 3.30. The van der Waals surface area contributed by atoms with E-state index in [9.17, 15) is 4.79 Å². The molecule has 4 nitrogen and oxygen atoms in total. The molecule has 2 bridgehead atoms. The van der Waals surface area contributed by atoms with Gasteiger partial charge in [-0.15, -0.1) is 0 Å². The van der Waals surface area contributed by atoms with Crippen molar-refractivity contribution in [3.8, 4) is 0 Å². The van der Waals surface area contributed by atoms with Crippen LogP contribution in [0.2, 0.25) is 0 Å². The fourth-order valence-corrected chi connectivity index (χ4v) is 4.80. The lowest BCUT2D eigenvalue weighted by atomic mass is 9.65. The maximum atomic E-state index is 12.6. The Bertz CT molecular complexity index is 568. The number of fused-ring (bicyclic) bond motifs is 2. The first-order valence-corrected chi connectivity index (χ1v) is 10.4. The molecule has 1 amide bonds. The number of rotatable bonds is 7. The molecule has 2 unspecified atom stereocenters. The van der Waals surface area contributed by atoms with Gasteiger partial charge in [0.05, 0.1) is 0 Å². The number of hydrogen-bond acceptors (Lipinski definition) is 3. The van der Waals surface area contributed by atoms with E-state index in [1.165, 1.54) is 30.4 Å². The summed E-state index contributed by atoms with van der Waals surface area (Å²) in [6.07, 6.45) is 5.65. The van der Waals surface area contributed by atoms with E-state index >= 15 is 0 Å². The Morgan fingerprint density at radius 3 is 2.23 bits per heavy atom. The predicted molar refractivity (Wildman–Crippen MR) is 106 cm³/mol. The van der Waals surface area contributed by atoms with Gasteiger partial charge in [0.25, 0.3) is 0 Å². The summed E-state index contributed by atoms with van der Waals surface area (Å²) in [6.45, 7) is 8.15. The van der Waals surface area contributed by atoms with Crippen molar-refractivity contribution in [2.75, 3.05) is 13.1 Å². The van der Waals surface area contributed by atoms with E-state index in [2.05, 4.69) is 48.3 Å². The molecule has 0 radical (unpaired) electrons. The number of carbonyl (C=O) groups is 1. The minimum atomic E-state index is 0.159. The van der Waals surface area contributed by atoms with E-state index in [1.54, 1.807) is 0 Å². The zero-order valence-corrected chi connectivity index (χ0v) is 16.4. The molecule has 1 aromatic rings. The second-order valence-corrected chi connectivity index (χ2v) is 8.19. The van der Waals surface area contributed by atoms with E-state index in [0.717, 1.165) is 32.5 Å². The van der Waals surface area contributed by atoms with E-state index in [-0.39, 0.29) is 11.8 Å². The molecule has 2 saturated carbocycles. The number of carbonyl (C=O) groups excluding carboxylic acids is 1. The average Bonchev–Trinajstić information content (AvgIpc) is 2.65. The van der Waals surface area contributed by atoms with E-state index in [0.29, 0.717) is 24.4 Å². The van der Waals surface area contributed by atoms with Crippen LogP contribution in [0.4, 0.5) is 0 Å². The number of hydrogen-bond donors (Lipinski definition) is 2. The van der Waals surface area contributed by atoms with Crippen molar-refractivity contribution >= 4 is 5.91 Å². The molecule has 0 spiro atoms. The topological polar surface area (TPSA) is 58.4 Å². The van der Waals surface area contributed by atoms with E-state index < -0.39 is 0 Å². The molecule has 2 atom stereocenters. The highest BCUT2D eigenvalue weighted by molar-refractivity contribution is 5.78. The third-order valence-corrected chi connectivity index (χ3v) is 6.57. The van der Waals surface area contributed by atoms with Crippen LogP contribution in [-0.2, 0) is 17.9 Å². The molecular weight excluding hydrogens is 322 g/mol. The number of nitrogens with zero attached hydrogens (tertiary/aromatic N) is 1. The SMILES string of the molecule is CCN(CC)Cc1ccc(CNC(=O)C2CC3CCCC(C2)C3N)cc1. The van der Waals surface area contributed by atoms with Crippen LogP contribution in [-0.4, -0.2) is 29.9 Å². The van der Waals surface area contributed by atoms with Gasteiger partial charge in [-0.05, 0) is 61.7 Å². The van der Waals surface area contributed by atoms with Gasteiger partial charge in [0.2, 0.25) is 5.91 Å². The highest BCUT2D eigenvalue weighted by Crippen LogP contribution is 2.41. The first kappa shape index (κ1) is 19.4. The van der Waals surface area contributed by atoms with Crippen LogP contribution >= 0.6 is 0 Å². The Morgan fingerprint density at radius 1 is 1.08 bits per heavy atom. The smallest absolute Gasteiger partial charge is 0.223 e. The number of nitrogens with one attached hydrogen (secondary N) is 1. The Kier molecular flexibility index (Phi) is 6.71. The van der Waals surface area contributed by atoms with E-state index in [4.69, 9.17) is 5.73 Å². The Balaban J connectivity index is 1.48. The first-order chi connectivity index (χ1) is 12.6. The lowest BCUT2D eigenvalue weighted by molar-refractivity contribution is -0.128. The third kappa shape index (κ3) is 4.66. The lowest BCUT2D eigenvalue weighted by Gasteiger charge is -2.43. The van der Waals surface area contributed by atoms with Crippen LogP contribution in [0.25, 0.3) is 0 Å². The Labute approximate surface area is 158 Å². The van der Waals surface area contributed by atoms with Gasteiger partial charge in [0.15, 0.2) is 0 Å². The normalized spacial score (nSPS) is 28.2. The molecule has 2 aliphatic rings. The van der Waals surface area contributed by atoms with Gasteiger partial charge in [-0.3, -0.25) is 9.69 Å². The monoisotopic (exact) mass is 357 g/mol. The fourth-order valence-electron chi connectivity index (χ4n) is 4.80. The van der Waals surface area contributed by atoms with Crippen molar-refractivity contribution < 1.29 is 4.79 Å². The van der Waals surface area contributed by atoms with Gasteiger partial charge in [-0.1, -0.05) is 44.5 Å². The van der Waals surface area contributed by atoms with Crippen LogP contribution in [0.3, 0.4) is 0 Å². The second kappa shape index (κ2) is 9.01. The Hall–Kier alpha value is -1.39. The molecule has 0 aromatic heterocycles. The molecule has 26 heavy (non-hydrogen) atoms. The van der Waals surface area contributed by atoms with Crippen molar-refractivity contribution in [3.63, 3.8) is 0 Å². The first-order valence-electron chi connectivity index (χ1n) is 10.4. The standard InChI is InChI=1S/C22H35N3O/c1-3-25(4-2)15-17-10-8-16(9-11-17)14-24-22(26)20-12-18-6-5-7-19(13-20)21(18)23/h8-11,18-21H,3-7,12-15,23H2,1-2H3,(H,24,26). The molecule has 3 N–H and O–H groups in total. The van der Waals surface area contributed by atoms with Crippen molar-refractivity contribution in [1.29, 1.82) is 0 Å². The van der Waals surface area contributed by atoms with Crippen molar-refractivity contribution in [2.45, 2.75) is 65.1 Å². The molecule has 2 fully saturated rings. The summed E-state index contributed by atoms with van der Waals surface area (Å²) in [5.74, 6) is 1.49. The molecule has 0 heterocycles. The third-order valence-electron chi connectivity index (χ3n) is 6.57. The van der Waals surface area contributed by atoms with Crippen LogP contribution < -0.4 is 11.1 Å². The van der Waals surface area contributed by atoms with Crippen LogP contribution in [0.5, 0.6) is 0 Å². The molecule has 144 valence electrons.